The van der Waals surface area contributed by atoms with Gasteiger partial charge in [0.2, 0.25) is 15.0 Å². The molecule has 0 aliphatic carbocycles. The molecule has 0 aliphatic rings. The molecule has 36 heavy (non-hydrogen) atoms. The van der Waals surface area contributed by atoms with Gasteiger partial charge in [-0.25, -0.2) is 8.42 Å². The van der Waals surface area contributed by atoms with E-state index in [1.165, 1.54) is 6.08 Å². The lowest BCUT2D eigenvalue weighted by Gasteiger charge is -2.15. The summed E-state index contributed by atoms with van der Waals surface area (Å²) in [6.45, 7) is 7.00. The van der Waals surface area contributed by atoms with Crippen molar-refractivity contribution in [2.75, 3.05) is 24.8 Å². The summed E-state index contributed by atoms with van der Waals surface area (Å²) in [6.07, 6.45) is 2.38. The number of nitrogens with zero attached hydrogens (tertiary/aromatic N) is 3. The van der Waals surface area contributed by atoms with E-state index in [-0.39, 0.29) is 15.9 Å². The second-order valence-electron chi connectivity index (χ2n) is 8.24. The molecule has 188 valence electrons. The molecular formula is C25H26N4O5S2. The number of rotatable bonds is 10. The highest BCUT2D eigenvalue weighted by atomic mass is 32.2. The number of hydrogen-bond donors (Lipinski definition) is 1. The van der Waals surface area contributed by atoms with Crippen LogP contribution in [0.5, 0.6) is 11.5 Å². The number of carbonyl (C=O) groups excluding carboxylic acids is 1. The van der Waals surface area contributed by atoms with Gasteiger partial charge in [0.25, 0.3) is 11.1 Å². The number of hydrogen-bond acceptors (Lipinski definition) is 9. The lowest BCUT2D eigenvalue weighted by molar-refractivity contribution is -0.112. The number of benzene rings is 2. The van der Waals surface area contributed by atoms with E-state index in [0.717, 1.165) is 23.1 Å². The fraction of sp³-hybridized carbons (Fsp3) is 0.280. The van der Waals surface area contributed by atoms with Gasteiger partial charge in [0, 0.05) is 17.8 Å². The summed E-state index contributed by atoms with van der Waals surface area (Å²) in [5.74, 6) is 1.11. The number of sulfone groups is 1. The van der Waals surface area contributed by atoms with Gasteiger partial charge in [-0.2, -0.15) is 14.6 Å². The van der Waals surface area contributed by atoms with Crippen LogP contribution in [0, 0.1) is 18.3 Å². The summed E-state index contributed by atoms with van der Waals surface area (Å²) in [5, 5.41) is 11.4. The van der Waals surface area contributed by atoms with Crippen molar-refractivity contribution in [3.63, 3.8) is 0 Å². The zero-order chi connectivity index (χ0) is 26.3. The van der Waals surface area contributed by atoms with Crippen LogP contribution in [0.15, 0.2) is 53.2 Å². The van der Waals surface area contributed by atoms with Gasteiger partial charge in [0.15, 0.2) is 0 Å². The van der Waals surface area contributed by atoms with Gasteiger partial charge in [-0.15, -0.1) is 0 Å². The molecule has 0 atom stereocenters. The molecule has 2 aromatic carbocycles. The quantitative estimate of drug-likeness (QED) is 0.234. The minimum absolute atomic E-state index is 0.0151. The number of ether oxygens (including phenoxy) is 2. The number of amides is 1. The maximum atomic E-state index is 12.4. The fourth-order valence-corrected chi connectivity index (χ4v) is 4.55. The Bertz CT molecular complexity index is 1400. The number of aromatic nitrogens is 2. The molecule has 0 bridgehead atoms. The smallest absolute Gasteiger partial charge is 0.268 e. The normalized spacial score (nSPS) is 11.7. The van der Waals surface area contributed by atoms with Gasteiger partial charge in [-0.1, -0.05) is 38.1 Å². The fourth-order valence-electron chi connectivity index (χ4n) is 3.11. The third-order valence-electron chi connectivity index (χ3n) is 4.92. The van der Waals surface area contributed by atoms with E-state index in [4.69, 9.17) is 9.47 Å². The van der Waals surface area contributed by atoms with Crippen LogP contribution in [0.25, 0.3) is 6.08 Å². The Hall–Kier alpha value is -3.75. The molecule has 0 unspecified atom stereocenters. The first-order valence-electron chi connectivity index (χ1n) is 11.0. The van der Waals surface area contributed by atoms with Crippen LogP contribution in [-0.2, 0) is 14.6 Å². The molecule has 1 aromatic heterocycles. The van der Waals surface area contributed by atoms with Gasteiger partial charge in [-0.3, -0.25) is 10.1 Å². The molecule has 11 heteroatoms. The Kier molecular flexibility index (Phi) is 8.79. The number of nitrogens with one attached hydrogen (secondary N) is 1. The molecule has 0 radical (unpaired) electrons. The molecule has 1 N–H and O–H groups in total. The van der Waals surface area contributed by atoms with Crippen molar-refractivity contribution in [2.24, 2.45) is 0 Å². The van der Waals surface area contributed by atoms with Gasteiger partial charge >= 0.3 is 0 Å². The standard InChI is InChI=1S/C25H26N4O5S2/c1-16(2)21-10-5-17(3)13-22(21)34-12-11-33-20-8-6-18(7-9-20)14-19(15-26)23(30)27-24-28-25(29-35-24)36(4,31)32/h5-10,13-14,16H,11-12H2,1-4H3,(H,27,28,29,30)/b19-14-. The van der Waals surface area contributed by atoms with Gasteiger partial charge in [0.1, 0.15) is 36.4 Å². The number of carbonyl (C=O) groups is 1. The summed E-state index contributed by atoms with van der Waals surface area (Å²) in [5.41, 5.74) is 2.72. The van der Waals surface area contributed by atoms with Crippen LogP contribution in [0.2, 0.25) is 0 Å². The largest absolute Gasteiger partial charge is 0.490 e. The highest BCUT2D eigenvalue weighted by Crippen LogP contribution is 2.27. The summed E-state index contributed by atoms with van der Waals surface area (Å²) < 4.78 is 38.3. The maximum Gasteiger partial charge on any atom is 0.268 e. The summed E-state index contributed by atoms with van der Waals surface area (Å²) >= 11 is 0.716. The van der Waals surface area contributed by atoms with E-state index in [1.807, 2.05) is 19.1 Å². The van der Waals surface area contributed by atoms with Crippen molar-refractivity contribution in [3.05, 3.63) is 64.7 Å². The molecule has 1 amide bonds. The highest BCUT2D eigenvalue weighted by Gasteiger charge is 2.17. The van der Waals surface area contributed by atoms with Gasteiger partial charge in [0.05, 0.1) is 0 Å². The molecule has 0 fully saturated rings. The zero-order valence-corrected chi connectivity index (χ0v) is 21.9. The first-order chi connectivity index (χ1) is 17.1. The summed E-state index contributed by atoms with van der Waals surface area (Å²) in [4.78, 5) is 16.2. The minimum atomic E-state index is -3.59. The number of nitriles is 1. The topological polar surface area (TPSA) is 131 Å². The molecule has 0 saturated heterocycles. The van der Waals surface area contributed by atoms with Crippen LogP contribution in [0.4, 0.5) is 5.13 Å². The summed E-state index contributed by atoms with van der Waals surface area (Å²) in [7, 11) is -3.59. The molecule has 9 nitrogen and oxygen atoms in total. The van der Waals surface area contributed by atoms with Crippen molar-refractivity contribution in [1.82, 2.24) is 9.36 Å². The van der Waals surface area contributed by atoms with Crippen LogP contribution >= 0.6 is 11.5 Å². The van der Waals surface area contributed by atoms with E-state index >= 15 is 0 Å². The molecule has 0 aliphatic heterocycles. The monoisotopic (exact) mass is 526 g/mol. The molecular weight excluding hydrogens is 500 g/mol. The van der Waals surface area contributed by atoms with Gasteiger partial charge < -0.3 is 9.47 Å². The minimum Gasteiger partial charge on any atom is -0.490 e. The second-order valence-corrected chi connectivity index (χ2v) is 10.9. The predicted octanol–water partition coefficient (Wildman–Crippen LogP) is 4.38. The van der Waals surface area contributed by atoms with Crippen molar-refractivity contribution in [1.29, 1.82) is 5.26 Å². The zero-order valence-electron chi connectivity index (χ0n) is 20.3. The van der Waals surface area contributed by atoms with Crippen molar-refractivity contribution >= 4 is 38.5 Å². The SMILES string of the molecule is Cc1ccc(C(C)C)c(OCCOc2ccc(/C=C(/C#N)C(=O)Nc3nc(S(C)(=O)=O)ns3)cc2)c1. The number of aryl methyl sites for hydroxylation is 1. The summed E-state index contributed by atoms with van der Waals surface area (Å²) in [6, 6.07) is 14.9. The van der Waals surface area contributed by atoms with Crippen molar-refractivity contribution in [3.8, 4) is 17.6 Å². The first-order valence-corrected chi connectivity index (χ1v) is 13.7. The lowest BCUT2D eigenvalue weighted by Crippen LogP contribution is -2.13. The average molecular weight is 527 g/mol. The molecule has 1 heterocycles. The van der Waals surface area contributed by atoms with E-state index in [1.54, 1.807) is 24.3 Å². The number of anilines is 1. The Morgan fingerprint density at radius 2 is 1.86 bits per heavy atom. The first kappa shape index (κ1) is 26.8. The molecule has 3 rings (SSSR count). The Balaban J connectivity index is 1.56. The third kappa shape index (κ3) is 7.37. The second kappa shape index (κ2) is 11.8. The van der Waals surface area contributed by atoms with E-state index in [0.29, 0.717) is 42.0 Å². The molecule has 0 spiro atoms. The third-order valence-corrected chi connectivity index (χ3v) is 6.51. The van der Waals surface area contributed by atoms with Crippen LogP contribution in [0.1, 0.15) is 36.5 Å². The van der Waals surface area contributed by atoms with Crippen LogP contribution < -0.4 is 14.8 Å². The van der Waals surface area contributed by atoms with E-state index < -0.39 is 15.7 Å². The van der Waals surface area contributed by atoms with Crippen LogP contribution in [-0.4, -0.2) is 43.2 Å². The van der Waals surface area contributed by atoms with E-state index in [2.05, 4.69) is 40.7 Å². The average Bonchev–Trinajstić information content (AvgIpc) is 3.30. The highest BCUT2D eigenvalue weighted by molar-refractivity contribution is 7.90. The Labute approximate surface area is 214 Å². The molecule has 3 aromatic rings. The molecule has 0 saturated carbocycles. The lowest BCUT2D eigenvalue weighted by atomic mass is 10.0. The Morgan fingerprint density at radius 3 is 2.47 bits per heavy atom. The van der Waals surface area contributed by atoms with Gasteiger partial charge in [-0.05, 0) is 53.8 Å². The van der Waals surface area contributed by atoms with Crippen molar-refractivity contribution < 1.29 is 22.7 Å². The Morgan fingerprint density at radius 1 is 1.17 bits per heavy atom. The van der Waals surface area contributed by atoms with Crippen molar-refractivity contribution in [2.45, 2.75) is 31.8 Å². The maximum absolute atomic E-state index is 12.4. The predicted molar refractivity (Wildman–Crippen MR) is 138 cm³/mol. The van der Waals surface area contributed by atoms with Crippen LogP contribution in [0.3, 0.4) is 0 Å². The van der Waals surface area contributed by atoms with E-state index in [9.17, 15) is 18.5 Å².